The molecule has 0 amide bonds. The number of fused-ring (bicyclic) bond motifs is 1. The smallest absolute Gasteiger partial charge is 0.262 e. The summed E-state index contributed by atoms with van der Waals surface area (Å²) in [7, 11) is 1.75. The van der Waals surface area contributed by atoms with Gasteiger partial charge in [0.05, 0.1) is 13.7 Å². The highest BCUT2D eigenvalue weighted by Gasteiger charge is 2.28. The summed E-state index contributed by atoms with van der Waals surface area (Å²) in [5, 5.41) is 0. The number of benzene rings is 3. The van der Waals surface area contributed by atoms with E-state index in [4.69, 9.17) is 4.74 Å². The van der Waals surface area contributed by atoms with Crippen LogP contribution in [0.2, 0.25) is 0 Å². The lowest BCUT2D eigenvalue weighted by Crippen LogP contribution is -2.38. The van der Waals surface area contributed by atoms with Crippen LogP contribution in [0.4, 0.5) is 0 Å². The fourth-order valence-electron chi connectivity index (χ4n) is 4.50. The van der Waals surface area contributed by atoms with Gasteiger partial charge in [0.2, 0.25) is 0 Å². The van der Waals surface area contributed by atoms with Gasteiger partial charge in [-0.3, -0.25) is 0 Å². The van der Waals surface area contributed by atoms with Gasteiger partial charge < -0.3 is 4.74 Å². The molecule has 1 aromatic heterocycles. The number of imidazole rings is 1. The van der Waals surface area contributed by atoms with Crippen LogP contribution in [0, 0.1) is 0 Å². The first kappa shape index (κ1) is 18.7. The van der Waals surface area contributed by atoms with Crippen LogP contribution < -0.4 is 9.30 Å². The van der Waals surface area contributed by atoms with E-state index in [0.29, 0.717) is 0 Å². The summed E-state index contributed by atoms with van der Waals surface area (Å²) < 4.78 is 10.5. The summed E-state index contributed by atoms with van der Waals surface area (Å²) in [4.78, 5) is 0. The monoisotopic (exact) mass is 395 g/mol. The normalized spacial score (nSPS) is 13.5. The summed E-state index contributed by atoms with van der Waals surface area (Å²) in [6.45, 7) is 1.06. The van der Waals surface area contributed by atoms with E-state index in [1.54, 1.807) is 7.11 Å². The molecule has 0 aliphatic carbocycles. The molecule has 30 heavy (non-hydrogen) atoms. The first-order valence-corrected chi connectivity index (χ1v) is 10.8. The molecular formula is C27H27N2O+. The minimum Gasteiger partial charge on any atom is -0.492 e. The molecule has 5 rings (SSSR count). The van der Waals surface area contributed by atoms with Crippen molar-refractivity contribution in [2.45, 2.75) is 32.2 Å². The van der Waals surface area contributed by atoms with Crippen molar-refractivity contribution in [2.75, 3.05) is 7.11 Å². The summed E-state index contributed by atoms with van der Waals surface area (Å²) in [6.07, 6.45) is 7.10. The third kappa shape index (κ3) is 3.41. The predicted molar refractivity (Wildman–Crippen MR) is 121 cm³/mol. The molecule has 1 aliphatic heterocycles. The Bertz CT molecular complexity index is 1140. The number of nitrogens with zero attached hydrogens (tertiary/aromatic N) is 2. The SMILES string of the molecule is COc1ccccc1-n1cc(-c2ccc(-c3ccccc3)cc2)[n+]2c1CCCCC2. The van der Waals surface area contributed by atoms with E-state index >= 15 is 0 Å². The van der Waals surface area contributed by atoms with Gasteiger partial charge in [-0.15, -0.1) is 0 Å². The van der Waals surface area contributed by atoms with E-state index < -0.39 is 0 Å². The Hall–Kier alpha value is -3.33. The Kier molecular flexibility index (Phi) is 5.10. The summed E-state index contributed by atoms with van der Waals surface area (Å²) in [5.41, 5.74) is 6.14. The van der Waals surface area contributed by atoms with Gasteiger partial charge in [-0.1, -0.05) is 54.6 Å². The Labute approximate surface area is 178 Å². The third-order valence-electron chi connectivity index (χ3n) is 6.05. The molecular weight excluding hydrogens is 368 g/mol. The maximum absolute atomic E-state index is 5.67. The fourth-order valence-corrected chi connectivity index (χ4v) is 4.50. The van der Waals surface area contributed by atoms with Gasteiger partial charge in [-0.05, 0) is 54.7 Å². The van der Waals surface area contributed by atoms with Gasteiger partial charge in [0.15, 0.2) is 17.1 Å². The topological polar surface area (TPSA) is 18.0 Å². The van der Waals surface area contributed by atoms with Crippen molar-refractivity contribution in [3.05, 3.63) is 90.9 Å². The maximum atomic E-state index is 5.67. The number of para-hydroxylation sites is 2. The Morgan fingerprint density at radius 2 is 1.43 bits per heavy atom. The van der Waals surface area contributed by atoms with E-state index in [1.807, 2.05) is 12.1 Å². The highest BCUT2D eigenvalue weighted by molar-refractivity contribution is 5.68. The van der Waals surface area contributed by atoms with Crippen LogP contribution in [0.5, 0.6) is 5.75 Å². The second-order valence-electron chi connectivity index (χ2n) is 7.88. The molecule has 0 N–H and O–H groups in total. The largest absolute Gasteiger partial charge is 0.492 e. The molecule has 0 atom stereocenters. The molecule has 3 nitrogen and oxygen atoms in total. The molecule has 1 aliphatic rings. The van der Waals surface area contributed by atoms with Crippen molar-refractivity contribution < 1.29 is 9.30 Å². The molecule has 2 heterocycles. The Balaban J connectivity index is 1.61. The quantitative estimate of drug-likeness (QED) is 0.397. The second kappa shape index (κ2) is 8.19. The zero-order chi connectivity index (χ0) is 20.3. The molecule has 0 spiro atoms. The molecule has 4 aromatic rings. The summed E-state index contributed by atoms with van der Waals surface area (Å²) >= 11 is 0. The molecule has 0 saturated carbocycles. The van der Waals surface area contributed by atoms with Crippen molar-refractivity contribution in [3.8, 4) is 33.8 Å². The average molecular weight is 396 g/mol. The molecule has 3 aromatic carbocycles. The predicted octanol–water partition coefficient (Wildman–Crippen LogP) is 5.83. The van der Waals surface area contributed by atoms with E-state index in [1.165, 1.54) is 47.5 Å². The van der Waals surface area contributed by atoms with Gasteiger partial charge >= 0.3 is 0 Å². The highest BCUT2D eigenvalue weighted by atomic mass is 16.5. The zero-order valence-corrected chi connectivity index (χ0v) is 17.4. The lowest BCUT2D eigenvalue weighted by Gasteiger charge is -2.06. The molecule has 0 unspecified atom stereocenters. The zero-order valence-electron chi connectivity index (χ0n) is 17.4. The van der Waals surface area contributed by atoms with E-state index in [2.05, 4.69) is 82.1 Å². The van der Waals surface area contributed by atoms with Crippen LogP contribution in [0.1, 0.15) is 25.1 Å². The molecule has 0 radical (unpaired) electrons. The van der Waals surface area contributed by atoms with Crippen molar-refractivity contribution in [1.29, 1.82) is 0 Å². The van der Waals surface area contributed by atoms with Crippen molar-refractivity contribution in [3.63, 3.8) is 0 Å². The molecule has 3 heteroatoms. The maximum Gasteiger partial charge on any atom is 0.262 e. The Morgan fingerprint density at radius 3 is 2.23 bits per heavy atom. The van der Waals surface area contributed by atoms with Crippen LogP contribution in [0.3, 0.4) is 0 Å². The molecule has 150 valence electrons. The van der Waals surface area contributed by atoms with Crippen LogP contribution >= 0.6 is 0 Å². The lowest BCUT2D eigenvalue weighted by atomic mass is 10.0. The van der Waals surface area contributed by atoms with Gasteiger partial charge in [0.25, 0.3) is 5.82 Å². The number of rotatable bonds is 4. The van der Waals surface area contributed by atoms with Gasteiger partial charge in [0, 0.05) is 12.0 Å². The van der Waals surface area contributed by atoms with Crippen LogP contribution in [0.25, 0.3) is 28.1 Å². The molecule has 0 bridgehead atoms. The number of methoxy groups -OCH3 is 1. The van der Waals surface area contributed by atoms with Crippen molar-refractivity contribution in [2.24, 2.45) is 0 Å². The average Bonchev–Trinajstić information content (AvgIpc) is 3.00. The van der Waals surface area contributed by atoms with Crippen LogP contribution in [-0.4, -0.2) is 11.7 Å². The van der Waals surface area contributed by atoms with E-state index in [-0.39, 0.29) is 0 Å². The summed E-state index contributed by atoms with van der Waals surface area (Å²) in [5.74, 6) is 2.27. The number of aromatic nitrogens is 2. The number of hydrogen-bond acceptors (Lipinski definition) is 1. The van der Waals surface area contributed by atoms with Gasteiger partial charge in [0.1, 0.15) is 6.20 Å². The lowest BCUT2D eigenvalue weighted by molar-refractivity contribution is -0.692. The van der Waals surface area contributed by atoms with Crippen molar-refractivity contribution >= 4 is 0 Å². The fraction of sp³-hybridized carbons (Fsp3) is 0.222. The third-order valence-corrected chi connectivity index (χ3v) is 6.05. The molecule has 0 fully saturated rings. The first-order valence-electron chi connectivity index (χ1n) is 10.8. The first-order chi connectivity index (χ1) is 14.8. The minimum atomic E-state index is 0.908. The highest BCUT2D eigenvalue weighted by Crippen LogP contribution is 2.29. The van der Waals surface area contributed by atoms with E-state index in [0.717, 1.165) is 24.4 Å². The van der Waals surface area contributed by atoms with Crippen LogP contribution in [-0.2, 0) is 13.0 Å². The summed E-state index contributed by atoms with van der Waals surface area (Å²) in [6, 6.07) is 27.8. The van der Waals surface area contributed by atoms with Gasteiger partial charge in [-0.2, -0.15) is 4.57 Å². The van der Waals surface area contributed by atoms with Crippen LogP contribution in [0.15, 0.2) is 85.1 Å². The standard InChI is InChI=1S/C27H27N2O/c1-30-26-13-8-7-12-24(26)29-20-25(28-19-9-3-6-14-27(28)29)23-17-15-22(16-18-23)21-10-4-2-5-11-21/h2,4-5,7-8,10-13,15-18,20H,3,6,9,14,19H2,1H3/q+1. The van der Waals surface area contributed by atoms with E-state index in [9.17, 15) is 0 Å². The number of hydrogen-bond donors (Lipinski definition) is 0. The Morgan fingerprint density at radius 1 is 0.733 bits per heavy atom. The second-order valence-corrected chi connectivity index (χ2v) is 7.88. The van der Waals surface area contributed by atoms with Crippen molar-refractivity contribution in [1.82, 2.24) is 4.57 Å². The minimum absolute atomic E-state index is 0.908. The van der Waals surface area contributed by atoms with Gasteiger partial charge in [-0.25, -0.2) is 4.57 Å². The molecule has 0 saturated heterocycles. The number of ether oxygens (including phenoxy) is 1.